The molecule has 3 nitrogen and oxygen atoms in total. The number of aliphatic hydroxyl groups is 1. The average molecular weight is 276 g/mol. The Morgan fingerprint density at radius 1 is 1.25 bits per heavy atom. The van der Waals surface area contributed by atoms with Crippen LogP contribution in [0.2, 0.25) is 0 Å². The molecule has 1 aromatic rings. The van der Waals surface area contributed by atoms with Gasteiger partial charge in [-0.1, -0.05) is 12.5 Å². The highest BCUT2D eigenvalue weighted by Gasteiger charge is 2.39. The number of aliphatic hydroxyl groups excluding tert-OH is 1. The number of ether oxygens (including phenoxy) is 2. The second kappa shape index (κ2) is 5.65. The fourth-order valence-electron chi connectivity index (χ4n) is 3.84. The van der Waals surface area contributed by atoms with E-state index < -0.39 is 6.10 Å². The van der Waals surface area contributed by atoms with E-state index in [1.807, 2.05) is 18.2 Å². The fraction of sp³-hybridized carbons (Fsp3) is 0.647. The molecule has 0 radical (unpaired) electrons. The van der Waals surface area contributed by atoms with Crippen molar-refractivity contribution in [1.82, 2.24) is 0 Å². The molecule has 3 heteroatoms. The van der Waals surface area contributed by atoms with Gasteiger partial charge in [0, 0.05) is 0 Å². The molecule has 2 aliphatic carbocycles. The lowest BCUT2D eigenvalue weighted by Crippen LogP contribution is -2.18. The highest BCUT2D eigenvalue weighted by atomic mass is 16.5. The van der Waals surface area contributed by atoms with E-state index in [0.717, 1.165) is 35.7 Å². The van der Waals surface area contributed by atoms with E-state index in [-0.39, 0.29) is 0 Å². The van der Waals surface area contributed by atoms with Gasteiger partial charge in [0.15, 0.2) is 11.5 Å². The van der Waals surface area contributed by atoms with Crippen molar-refractivity contribution in [2.24, 2.45) is 17.8 Å². The van der Waals surface area contributed by atoms with E-state index in [4.69, 9.17) is 9.47 Å². The molecule has 2 saturated carbocycles. The SMILES string of the molecule is COc1cc(C(C)O)ccc1OCC1CC2CCC1C2. The van der Waals surface area contributed by atoms with Crippen molar-refractivity contribution in [2.75, 3.05) is 13.7 Å². The van der Waals surface area contributed by atoms with Gasteiger partial charge in [-0.05, 0) is 61.6 Å². The highest BCUT2D eigenvalue weighted by Crippen LogP contribution is 2.48. The third-order valence-electron chi connectivity index (χ3n) is 5.01. The Labute approximate surface area is 120 Å². The highest BCUT2D eigenvalue weighted by molar-refractivity contribution is 5.43. The van der Waals surface area contributed by atoms with E-state index in [2.05, 4.69) is 0 Å². The molecule has 0 aliphatic heterocycles. The van der Waals surface area contributed by atoms with E-state index in [9.17, 15) is 5.11 Å². The molecule has 0 saturated heterocycles. The molecule has 0 spiro atoms. The minimum Gasteiger partial charge on any atom is -0.493 e. The summed E-state index contributed by atoms with van der Waals surface area (Å²) in [6.07, 6.45) is 5.07. The summed E-state index contributed by atoms with van der Waals surface area (Å²) in [5.74, 6) is 4.05. The molecular weight excluding hydrogens is 252 g/mol. The van der Waals surface area contributed by atoms with Crippen molar-refractivity contribution >= 4 is 0 Å². The van der Waals surface area contributed by atoms with Crippen LogP contribution in [-0.4, -0.2) is 18.8 Å². The fourth-order valence-corrected chi connectivity index (χ4v) is 3.84. The Bertz CT molecular complexity index is 469. The van der Waals surface area contributed by atoms with Crippen molar-refractivity contribution in [3.63, 3.8) is 0 Å². The zero-order chi connectivity index (χ0) is 14.1. The van der Waals surface area contributed by atoms with Crippen LogP contribution in [0.1, 0.15) is 44.3 Å². The maximum atomic E-state index is 9.61. The third-order valence-corrected chi connectivity index (χ3v) is 5.01. The minimum atomic E-state index is -0.483. The van der Waals surface area contributed by atoms with Crippen molar-refractivity contribution in [2.45, 2.75) is 38.7 Å². The van der Waals surface area contributed by atoms with E-state index in [1.54, 1.807) is 14.0 Å². The molecule has 2 aliphatic rings. The van der Waals surface area contributed by atoms with Gasteiger partial charge in [0.1, 0.15) is 0 Å². The average Bonchev–Trinajstić information content (AvgIpc) is 3.07. The summed E-state index contributed by atoms with van der Waals surface area (Å²) in [7, 11) is 1.64. The van der Waals surface area contributed by atoms with Crippen LogP contribution in [0.5, 0.6) is 11.5 Å². The van der Waals surface area contributed by atoms with Gasteiger partial charge in [0.25, 0.3) is 0 Å². The van der Waals surface area contributed by atoms with Crippen LogP contribution >= 0.6 is 0 Å². The Hall–Kier alpha value is -1.22. The first kappa shape index (κ1) is 13.7. The van der Waals surface area contributed by atoms with E-state index >= 15 is 0 Å². The van der Waals surface area contributed by atoms with Crippen molar-refractivity contribution in [1.29, 1.82) is 0 Å². The summed E-state index contributed by atoms with van der Waals surface area (Å²) in [6.45, 7) is 2.55. The molecule has 2 fully saturated rings. The number of methoxy groups -OCH3 is 1. The number of benzene rings is 1. The number of rotatable bonds is 5. The third kappa shape index (κ3) is 2.64. The second-order valence-corrected chi connectivity index (χ2v) is 6.33. The molecule has 4 unspecified atom stereocenters. The van der Waals surface area contributed by atoms with Crippen LogP contribution in [0.15, 0.2) is 18.2 Å². The Kier molecular flexibility index (Phi) is 3.88. The quantitative estimate of drug-likeness (QED) is 0.893. The molecule has 20 heavy (non-hydrogen) atoms. The Morgan fingerprint density at radius 2 is 2.10 bits per heavy atom. The van der Waals surface area contributed by atoms with Crippen molar-refractivity contribution in [3.8, 4) is 11.5 Å². The van der Waals surface area contributed by atoms with E-state index in [0.29, 0.717) is 5.75 Å². The van der Waals surface area contributed by atoms with Gasteiger partial charge in [-0.3, -0.25) is 0 Å². The van der Waals surface area contributed by atoms with Crippen LogP contribution in [0.25, 0.3) is 0 Å². The standard InChI is InChI=1S/C17H24O3/c1-11(18)13-5-6-16(17(9-13)19-2)20-10-15-8-12-3-4-14(15)7-12/h5-6,9,11-12,14-15,18H,3-4,7-8,10H2,1-2H3. The first-order valence-corrected chi connectivity index (χ1v) is 7.66. The van der Waals surface area contributed by atoms with Crippen molar-refractivity contribution in [3.05, 3.63) is 23.8 Å². The number of hydrogen-bond donors (Lipinski definition) is 1. The first-order chi connectivity index (χ1) is 9.67. The lowest BCUT2D eigenvalue weighted by atomic mass is 9.89. The minimum absolute atomic E-state index is 0.483. The topological polar surface area (TPSA) is 38.7 Å². The smallest absolute Gasteiger partial charge is 0.161 e. The van der Waals surface area contributed by atoms with Gasteiger partial charge in [-0.2, -0.15) is 0 Å². The summed E-state index contributed by atoms with van der Waals surface area (Å²) >= 11 is 0. The molecule has 1 N–H and O–H groups in total. The maximum Gasteiger partial charge on any atom is 0.161 e. The molecular formula is C17H24O3. The molecule has 3 rings (SSSR count). The van der Waals surface area contributed by atoms with Gasteiger partial charge in [0.05, 0.1) is 19.8 Å². The number of fused-ring (bicyclic) bond motifs is 2. The predicted molar refractivity (Wildman–Crippen MR) is 78.1 cm³/mol. The van der Waals surface area contributed by atoms with Crippen LogP contribution in [0.3, 0.4) is 0 Å². The van der Waals surface area contributed by atoms with Crippen LogP contribution in [0, 0.1) is 17.8 Å². The van der Waals surface area contributed by atoms with Crippen molar-refractivity contribution < 1.29 is 14.6 Å². The predicted octanol–water partition coefficient (Wildman–Crippen LogP) is 3.56. The largest absolute Gasteiger partial charge is 0.493 e. The Balaban J connectivity index is 1.65. The van der Waals surface area contributed by atoms with Crippen LogP contribution in [-0.2, 0) is 0 Å². The van der Waals surface area contributed by atoms with Gasteiger partial charge in [-0.25, -0.2) is 0 Å². The second-order valence-electron chi connectivity index (χ2n) is 6.33. The molecule has 0 heterocycles. The van der Waals surface area contributed by atoms with Gasteiger partial charge in [0.2, 0.25) is 0 Å². The number of hydrogen-bond acceptors (Lipinski definition) is 3. The summed E-state index contributed by atoms with van der Waals surface area (Å²) in [5, 5.41) is 9.61. The zero-order valence-corrected chi connectivity index (χ0v) is 12.3. The zero-order valence-electron chi connectivity index (χ0n) is 12.3. The van der Waals surface area contributed by atoms with Gasteiger partial charge in [-0.15, -0.1) is 0 Å². The molecule has 0 amide bonds. The molecule has 1 aromatic carbocycles. The van der Waals surface area contributed by atoms with Crippen LogP contribution < -0.4 is 9.47 Å². The normalized spacial score (nSPS) is 29.4. The lowest BCUT2D eigenvalue weighted by molar-refractivity contribution is 0.187. The molecule has 110 valence electrons. The lowest BCUT2D eigenvalue weighted by Gasteiger charge is -2.22. The first-order valence-electron chi connectivity index (χ1n) is 7.66. The summed E-state index contributed by atoms with van der Waals surface area (Å²) in [5.41, 5.74) is 0.856. The van der Waals surface area contributed by atoms with E-state index in [1.165, 1.54) is 25.7 Å². The summed E-state index contributed by atoms with van der Waals surface area (Å²) in [6, 6.07) is 5.68. The monoisotopic (exact) mass is 276 g/mol. The Morgan fingerprint density at radius 3 is 2.70 bits per heavy atom. The molecule has 2 bridgehead atoms. The molecule has 4 atom stereocenters. The summed E-state index contributed by atoms with van der Waals surface area (Å²) in [4.78, 5) is 0. The summed E-state index contributed by atoms with van der Waals surface area (Å²) < 4.78 is 11.4. The van der Waals surface area contributed by atoms with Crippen LogP contribution in [0.4, 0.5) is 0 Å². The molecule has 0 aromatic heterocycles. The maximum absolute atomic E-state index is 9.61. The van der Waals surface area contributed by atoms with Gasteiger partial charge < -0.3 is 14.6 Å². The van der Waals surface area contributed by atoms with Gasteiger partial charge >= 0.3 is 0 Å².